The van der Waals surface area contributed by atoms with Crippen molar-refractivity contribution in [3.8, 4) is 97.5 Å². The highest BCUT2D eigenvalue weighted by atomic mass is 19.4. The number of benzene rings is 8. The fraction of sp³-hybridized carbons (Fsp3) is 0.0179. The van der Waals surface area contributed by atoms with Gasteiger partial charge in [0.25, 0.3) is 0 Å². The number of hydrogen-bond acceptors (Lipinski definition) is 7. The Morgan fingerprint density at radius 2 is 0.866 bits per heavy atom. The van der Waals surface area contributed by atoms with E-state index in [0.717, 1.165) is 33.9 Å². The number of alkyl halides is 3. The van der Waals surface area contributed by atoms with Crippen LogP contribution >= 0.6 is 0 Å². The summed E-state index contributed by atoms with van der Waals surface area (Å²) >= 11 is 0. The summed E-state index contributed by atoms with van der Waals surface area (Å²) in [7, 11) is 0. The Morgan fingerprint density at radius 3 is 1.36 bits per heavy atom. The standard InChI is InChI=1S/C56H29F3N8/c57-56(58,59)43-13-7-12-38(26-43)47-23-18-44(29-50(47)55-65-53(36-8-3-1-4-9-36)64-54(66-55)37-10-5-2-6-11-37)67-51-27-39(45-19-14-34(30-60)24-41(45)32-62)16-21-48(51)49-22-17-40(28-52(49)67)46-20-15-35(31-61)25-42(46)33-63/h1-29H. The van der Waals surface area contributed by atoms with Gasteiger partial charge in [0, 0.05) is 33.2 Å². The fourth-order valence-corrected chi connectivity index (χ4v) is 8.45. The molecule has 0 saturated carbocycles. The largest absolute Gasteiger partial charge is 0.416 e. The summed E-state index contributed by atoms with van der Waals surface area (Å²) in [5, 5.41) is 41.3. The number of nitriles is 4. The minimum absolute atomic E-state index is 0.219. The molecule has 0 fully saturated rings. The van der Waals surface area contributed by atoms with Gasteiger partial charge in [-0.25, -0.2) is 15.0 Å². The summed E-state index contributed by atoms with van der Waals surface area (Å²) in [6, 6.07) is 59.6. The van der Waals surface area contributed by atoms with Crippen LogP contribution in [0, 0.1) is 45.3 Å². The number of aromatic nitrogens is 4. The SMILES string of the molecule is N#Cc1ccc(-c2ccc3c4ccc(-c5ccc(C#N)cc5C#N)cc4n(-c4ccc(-c5cccc(C(F)(F)F)c5)c(-c5nc(-c6ccccc6)nc(-c6ccccc6)n5)c4)c3c2)c(C#N)c1. The lowest BCUT2D eigenvalue weighted by molar-refractivity contribution is -0.137. The van der Waals surface area contributed by atoms with Gasteiger partial charge in [-0.2, -0.15) is 34.2 Å². The first-order valence-corrected chi connectivity index (χ1v) is 20.8. The van der Waals surface area contributed by atoms with Gasteiger partial charge in [0.1, 0.15) is 0 Å². The van der Waals surface area contributed by atoms with Crippen molar-refractivity contribution in [2.45, 2.75) is 6.18 Å². The predicted molar refractivity (Wildman–Crippen MR) is 251 cm³/mol. The molecule has 10 aromatic rings. The molecule has 0 amide bonds. The zero-order chi connectivity index (χ0) is 46.2. The van der Waals surface area contributed by atoms with Crippen LogP contribution in [-0.4, -0.2) is 19.5 Å². The van der Waals surface area contributed by atoms with E-state index in [9.17, 15) is 34.2 Å². The zero-order valence-electron chi connectivity index (χ0n) is 35.0. The molecule has 0 bridgehead atoms. The van der Waals surface area contributed by atoms with Crippen LogP contribution in [-0.2, 0) is 6.18 Å². The maximum atomic E-state index is 14.3. The van der Waals surface area contributed by atoms with Crippen molar-refractivity contribution in [3.63, 3.8) is 0 Å². The lowest BCUT2D eigenvalue weighted by atomic mass is 9.96. The smallest absolute Gasteiger partial charge is 0.309 e. The average Bonchev–Trinajstić information content (AvgIpc) is 3.71. The van der Waals surface area contributed by atoms with E-state index in [4.69, 9.17) is 15.0 Å². The van der Waals surface area contributed by atoms with Gasteiger partial charge in [0.15, 0.2) is 17.5 Å². The molecule has 2 aromatic heterocycles. The van der Waals surface area contributed by atoms with Crippen LogP contribution in [0.4, 0.5) is 13.2 Å². The second kappa shape index (κ2) is 16.8. The molecule has 67 heavy (non-hydrogen) atoms. The van der Waals surface area contributed by atoms with Crippen LogP contribution in [0.15, 0.2) is 176 Å². The monoisotopic (exact) mass is 870 g/mol. The molecule has 8 aromatic carbocycles. The highest BCUT2D eigenvalue weighted by Crippen LogP contribution is 2.42. The first-order valence-electron chi connectivity index (χ1n) is 20.8. The third kappa shape index (κ3) is 7.66. The van der Waals surface area contributed by atoms with Crippen molar-refractivity contribution in [2.24, 2.45) is 0 Å². The molecule has 0 aliphatic heterocycles. The van der Waals surface area contributed by atoms with Crippen molar-refractivity contribution in [3.05, 3.63) is 204 Å². The Morgan fingerprint density at radius 1 is 0.388 bits per heavy atom. The van der Waals surface area contributed by atoms with Gasteiger partial charge < -0.3 is 4.57 Å². The minimum atomic E-state index is -4.61. The third-order valence-electron chi connectivity index (χ3n) is 11.6. The van der Waals surface area contributed by atoms with E-state index < -0.39 is 11.7 Å². The summed E-state index contributed by atoms with van der Waals surface area (Å²) in [5.74, 6) is 0.946. The van der Waals surface area contributed by atoms with Gasteiger partial charge in [0.2, 0.25) is 0 Å². The minimum Gasteiger partial charge on any atom is -0.309 e. The van der Waals surface area contributed by atoms with Crippen molar-refractivity contribution in [1.29, 1.82) is 21.0 Å². The Labute approximate surface area is 381 Å². The maximum Gasteiger partial charge on any atom is 0.416 e. The Bertz CT molecular complexity index is 3600. The Balaban J connectivity index is 1.29. The molecule has 0 aliphatic carbocycles. The maximum absolute atomic E-state index is 14.3. The van der Waals surface area contributed by atoms with Crippen molar-refractivity contribution < 1.29 is 13.2 Å². The van der Waals surface area contributed by atoms with E-state index in [0.29, 0.717) is 89.7 Å². The van der Waals surface area contributed by atoms with Gasteiger partial charge >= 0.3 is 6.18 Å². The molecule has 0 N–H and O–H groups in total. The topological polar surface area (TPSA) is 139 Å². The number of hydrogen-bond donors (Lipinski definition) is 0. The van der Waals surface area contributed by atoms with Crippen LogP contribution < -0.4 is 0 Å². The predicted octanol–water partition coefficient (Wildman–Crippen LogP) is 13.5. The second-order valence-electron chi connectivity index (χ2n) is 15.6. The molecule has 10 rings (SSSR count). The summed E-state index contributed by atoms with van der Waals surface area (Å²) in [6.45, 7) is 0. The number of nitrogens with zero attached hydrogens (tertiary/aromatic N) is 8. The van der Waals surface area contributed by atoms with E-state index in [1.807, 2.05) is 114 Å². The second-order valence-corrected chi connectivity index (χ2v) is 15.6. The molecule has 8 nitrogen and oxygen atoms in total. The summed E-state index contributed by atoms with van der Waals surface area (Å²) in [4.78, 5) is 14.9. The van der Waals surface area contributed by atoms with Crippen LogP contribution in [0.2, 0.25) is 0 Å². The molecule has 0 unspecified atom stereocenters. The summed E-state index contributed by atoms with van der Waals surface area (Å²) < 4.78 is 45.0. The lowest BCUT2D eigenvalue weighted by Gasteiger charge is -2.17. The highest BCUT2D eigenvalue weighted by Gasteiger charge is 2.31. The Kier molecular flexibility index (Phi) is 10.4. The Hall–Kier alpha value is -9.68. The third-order valence-corrected chi connectivity index (χ3v) is 11.6. The van der Waals surface area contributed by atoms with Gasteiger partial charge in [-0.15, -0.1) is 0 Å². The quantitative estimate of drug-likeness (QED) is 0.155. The molecule has 0 saturated heterocycles. The van der Waals surface area contributed by atoms with Gasteiger partial charge in [-0.3, -0.25) is 0 Å². The van der Waals surface area contributed by atoms with E-state index in [2.05, 4.69) is 24.3 Å². The molecule has 2 heterocycles. The van der Waals surface area contributed by atoms with E-state index >= 15 is 0 Å². The van der Waals surface area contributed by atoms with Crippen molar-refractivity contribution in [2.75, 3.05) is 0 Å². The molecule has 0 radical (unpaired) electrons. The van der Waals surface area contributed by atoms with Gasteiger partial charge in [-0.1, -0.05) is 115 Å². The molecular formula is C56H29F3N8. The van der Waals surface area contributed by atoms with Gasteiger partial charge in [0.05, 0.1) is 63.1 Å². The van der Waals surface area contributed by atoms with Crippen LogP contribution in [0.5, 0.6) is 0 Å². The van der Waals surface area contributed by atoms with Crippen LogP contribution in [0.3, 0.4) is 0 Å². The van der Waals surface area contributed by atoms with Crippen LogP contribution in [0.1, 0.15) is 27.8 Å². The van der Waals surface area contributed by atoms with Crippen molar-refractivity contribution >= 4 is 21.8 Å². The molecule has 11 heteroatoms. The van der Waals surface area contributed by atoms with Gasteiger partial charge in [-0.05, 0) is 94.0 Å². The molecule has 0 spiro atoms. The van der Waals surface area contributed by atoms with E-state index in [1.54, 1.807) is 48.5 Å². The molecular weight excluding hydrogens is 842 g/mol. The molecule has 0 aliphatic rings. The number of halogens is 3. The van der Waals surface area contributed by atoms with E-state index in [-0.39, 0.29) is 5.82 Å². The van der Waals surface area contributed by atoms with Crippen LogP contribution in [0.25, 0.3) is 95.0 Å². The number of fused-ring (bicyclic) bond motifs is 3. The zero-order valence-corrected chi connectivity index (χ0v) is 35.0. The highest BCUT2D eigenvalue weighted by molar-refractivity contribution is 6.11. The van der Waals surface area contributed by atoms with E-state index in [1.165, 1.54) is 6.07 Å². The normalized spacial score (nSPS) is 11.1. The molecule has 0 atom stereocenters. The summed E-state index contributed by atoms with van der Waals surface area (Å²) in [5.41, 5.74) is 7.78. The first-order chi connectivity index (χ1) is 32.6. The average molecular weight is 871 g/mol. The lowest BCUT2D eigenvalue weighted by Crippen LogP contribution is -2.05. The fourth-order valence-electron chi connectivity index (χ4n) is 8.45. The summed E-state index contributed by atoms with van der Waals surface area (Å²) in [6.07, 6.45) is -4.61. The first kappa shape index (κ1) is 41.3. The van der Waals surface area contributed by atoms with Crippen molar-refractivity contribution in [1.82, 2.24) is 19.5 Å². The number of rotatable bonds is 7. The molecule has 314 valence electrons.